The lowest BCUT2D eigenvalue weighted by molar-refractivity contribution is -0.155. The molecule has 4 nitrogen and oxygen atoms in total. The fourth-order valence-corrected chi connectivity index (χ4v) is 2.96. The molecule has 0 fully saturated rings. The first-order valence-corrected chi connectivity index (χ1v) is 9.37. The number of rotatable bonds is 10. The summed E-state index contributed by atoms with van der Waals surface area (Å²) in [5, 5.41) is 0. The van der Waals surface area contributed by atoms with Crippen LogP contribution >= 0.6 is 0 Å². The van der Waals surface area contributed by atoms with Crippen molar-refractivity contribution in [2.45, 2.75) is 39.5 Å². The molecule has 144 valence electrons. The molecule has 0 saturated carbocycles. The van der Waals surface area contributed by atoms with Gasteiger partial charge in [0.05, 0.1) is 19.1 Å². The van der Waals surface area contributed by atoms with E-state index in [4.69, 9.17) is 9.47 Å². The Hall–Kier alpha value is -2.62. The van der Waals surface area contributed by atoms with Gasteiger partial charge in [-0.1, -0.05) is 55.8 Å². The van der Waals surface area contributed by atoms with Crippen molar-refractivity contribution in [2.75, 3.05) is 13.7 Å². The van der Waals surface area contributed by atoms with Crippen LogP contribution in [0.4, 0.5) is 0 Å². The topological polar surface area (TPSA) is 52.6 Å². The highest BCUT2D eigenvalue weighted by atomic mass is 16.5. The number of carbonyl (C=O) groups excluding carboxylic acids is 2. The van der Waals surface area contributed by atoms with Gasteiger partial charge in [0.1, 0.15) is 5.75 Å². The Labute approximate surface area is 161 Å². The molecule has 0 aromatic heterocycles. The molecular formula is C23H28O4. The summed E-state index contributed by atoms with van der Waals surface area (Å²) in [6.07, 6.45) is 2.30. The van der Waals surface area contributed by atoms with Gasteiger partial charge in [-0.15, -0.1) is 0 Å². The minimum absolute atomic E-state index is 0.0564. The summed E-state index contributed by atoms with van der Waals surface area (Å²) in [6, 6.07) is 16.6. The average molecular weight is 368 g/mol. The van der Waals surface area contributed by atoms with E-state index in [1.165, 1.54) is 0 Å². The van der Waals surface area contributed by atoms with Crippen molar-refractivity contribution in [1.29, 1.82) is 0 Å². The summed E-state index contributed by atoms with van der Waals surface area (Å²) in [7, 11) is 1.61. The summed E-state index contributed by atoms with van der Waals surface area (Å²) >= 11 is 0. The second kappa shape index (κ2) is 9.91. The standard InChI is InChI=1S/C23H28O4/c1-4-5-15-27-22(25)23(2,16-18-11-13-20(26-3)14-12-18)17-21(24)19-9-7-6-8-10-19/h6-14H,4-5,15-17H2,1-3H3/t23-/m0/s1. The van der Waals surface area contributed by atoms with E-state index in [1.54, 1.807) is 19.2 Å². The quantitative estimate of drug-likeness (QED) is 0.341. The van der Waals surface area contributed by atoms with Crippen LogP contribution in [0.3, 0.4) is 0 Å². The largest absolute Gasteiger partial charge is 0.497 e. The third-order valence-corrected chi connectivity index (χ3v) is 4.62. The minimum Gasteiger partial charge on any atom is -0.497 e. The number of methoxy groups -OCH3 is 1. The molecule has 0 radical (unpaired) electrons. The normalized spacial score (nSPS) is 12.9. The Morgan fingerprint density at radius 3 is 2.26 bits per heavy atom. The van der Waals surface area contributed by atoms with Crippen LogP contribution in [0.2, 0.25) is 0 Å². The number of ether oxygens (including phenoxy) is 2. The third kappa shape index (κ3) is 5.95. The van der Waals surface area contributed by atoms with E-state index in [0.29, 0.717) is 18.6 Å². The molecule has 2 aromatic rings. The van der Waals surface area contributed by atoms with Gasteiger partial charge < -0.3 is 9.47 Å². The lowest BCUT2D eigenvalue weighted by Crippen LogP contribution is -2.35. The number of hydrogen-bond donors (Lipinski definition) is 0. The Bertz CT molecular complexity index is 737. The number of esters is 1. The van der Waals surface area contributed by atoms with Crippen molar-refractivity contribution in [1.82, 2.24) is 0 Å². The second-order valence-electron chi connectivity index (χ2n) is 7.04. The zero-order valence-electron chi connectivity index (χ0n) is 16.4. The summed E-state index contributed by atoms with van der Waals surface area (Å²) in [5.74, 6) is 0.376. The Balaban J connectivity index is 2.20. The Morgan fingerprint density at radius 2 is 1.67 bits per heavy atom. The predicted molar refractivity (Wildman–Crippen MR) is 106 cm³/mol. The molecule has 0 unspecified atom stereocenters. The van der Waals surface area contributed by atoms with Crippen LogP contribution in [0, 0.1) is 5.41 Å². The zero-order valence-corrected chi connectivity index (χ0v) is 16.4. The summed E-state index contributed by atoms with van der Waals surface area (Å²) in [6.45, 7) is 4.24. The van der Waals surface area contributed by atoms with Crippen LogP contribution < -0.4 is 4.74 Å². The van der Waals surface area contributed by atoms with Crippen LogP contribution in [0.1, 0.15) is 49.0 Å². The highest BCUT2D eigenvalue weighted by molar-refractivity contribution is 5.99. The van der Waals surface area contributed by atoms with Crippen molar-refractivity contribution in [3.05, 3.63) is 65.7 Å². The first-order chi connectivity index (χ1) is 13.0. The van der Waals surface area contributed by atoms with Crippen molar-refractivity contribution >= 4 is 11.8 Å². The van der Waals surface area contributed by atoms with Gasteiger partial charge in [-0.05, 0) is 37.5 Å². The molecule has 0 N–H and O–H groups in total. The van der Waals surface area contributed by atoms with Crippen LogP contribution in [0.5, 0.6) is 5.75 Å². The van der Waals surface area contributed by atoms with Crippen LogP contribution in [0.25, 0.3) is 0 Å². The second-order valence-corrected chi connectivity index (χ2v) is 7.04. The first-order valence-electron chi connectivity index (χ1n) is 9.37. The van der Waals surface area contributed by atoms with Gasteiger partial charge in [-0.3, -0.25) is 9.59 Å². The highest BCUT2D eigenvalue weighted by Crippen LogP contribution is 2.31. The molecule has 2 aromatic carbocycles. The molecular weight excluding hydrogens is 340 g/mol. The molecule has 0 saturated heterocycles. The highest BCUT2D eigenvalue weighted by Gasteiger charge is 2.37. The SMILES string of the molecule is CCCCOC(=O)[C@](C)(CC(=O)c1ccccc1)Cc1ccc(OC)cc1. The van der Waals surface area contributed by atoms with E-state index >= 15 is 0 Å². The minimum atomic E-state index is -0.921. The van der Waals surface area contributed by atoms with E-state index in [1.807, 2.05) is 56.3 Å². The maximum Gasteiger partial charge on any atom is 0.312 e. The first kappa shape index (κ1) is 20.7. The van der Waals surface area contributed by atoms with E-state index in [-0.39, 0.29) is 18.2 Å². The fourth-order valence-electron chi connectivity index (χ4n) is 2.96. The fraction of sp³-hybridized carbons (Fsp3) is 0.391. The van der Waals surface area contributed by atoms with Gasteiger partial charge in [0.2, 0.25) is 0 Å². The van der Waals surface area contributed by atoms with Gasteiger partial charge in [0.25, 0.3) is 0 Å². The van der Waals surface area contributed by atoms with E-state index < -0.39 is 5.41 Å². The van der Waals surface area contributed by atoms with Crippen molar-refractivity contribution in [3.8, 4) is 5.75 Å². The number of ketones is 1. The molecule has 0 bridgehead atoms. The molecule has 0 amide bonds. The number of benzene rings is 2. The molecule has 2 rings (SSSR count). The molecule has 0 spiro atoms. The van der Waals surface area contributed by atoms with Gasteiger partial charge in [0.15, 0.2) is 5.78 Å². The molecule has 27 heavy (non-hydrogen) atoms. The van der Waals surface area contributed by atoms with E-state index in [0.717, 1.165) is 24.2 Å². The Kier molecular flexibility index (Phi) is 7.59. The molecule has 0 heterocycles. The number of carbonyl (C=O) groups is 2. The Morgan fingerprint density at radius 1 is 1.00 bits per heavy atom. The average Bonchev–Trinajstić information content (AvgIpc) is 2.69. The van der Waals surface area contributed by atoms with Crippen molar-refractivity contribution < 1.29 is 19.1 Å². The monoisotopic (exact) mass is 368 g/mol. The zero-order chi connectivity index (χ0) is 19.7. The molecule has 0 aliphatic rings. The van der Waals surface area contributed by atoms with E-state index in [9.17, 15) is 9.59 Å². The summed E-state index contributed by atoms with van der Waals surface area (Å²) < 4.78 is 10.7. The van der Waals surface area contributed by atoms with Crippen LogP contribution in [-0.2, 0) is 16.0 Å². The molecule has 4 heteroatoms. The predicted octanol–water partition coefficient (Wildman–Crippen LogP) is 4.86. The van der Waals surface area contributed by atoms with Gasteiger partial charge in [-0.2, -0.15) is 0 Å². The van der Waals surface area contributed by atoms with Gasteiger partial charge in [-0.25, -0.2) is 0 Å². The number of unbranched alkanes of at least 4 members (excludes halogenated alkanes) is 1. The van der Waals surface area contributed by atoms with Crippen molar-refractivity contribution in [3.63, 3.8) is 0 Å². The summed E-state index contributed by atoms with van der Waals surface area (Å²) in [4.78, 5) is 25.6. The van der Waals surface area contributed by atoms with Crippen LogP contribution in [-0.4, -0.2) is 25.5 Å². The maximum atomic E-state index is 12.8. The van der Waals surface area contributed by atoms with Crippen molar-refractivity contribution in [2.24, 2.45) is 5.41 Å². The number of hydrogen-bond acceptors (Lipinski definition) is 4. The van der Waals surface area contributed by atoms with Gasteiger partial charge in [0, 0.05) is 12.0 Å². The third-order valence-electron chi connectivity index (χ3n) is 4.62. The molecule has 0 aliphatic heterocycles. The van der Waals surface area contributed by atoms with Crippen LogP contribution in [0.15, 0.2) is 54.6 Å². The molecule has 0 aliphatic carbocycles. The van der Waals surface area contributed by atoms with Gasteiger partial charge >= 0.3 is 5.97 Å². The lowest BCUT2D eigenvalue weighted by atomic mass is 9.78. The lowest BCUT2D eigenvalue weighted by Gasteiger charge is -2.27. The number of Topliss-reactive ketones (excluding diaryl/α,β-unsaturated/α-hetero) is 1. The summed E-state index contributed by atoms with van der Waals surface area (Å²) in [5.41, 5.74) is 0.654. The molecule has 1 atom stereocenters. The maximum absolute atomic E-state index is 12.8. The smallest absolute Gasteiger partial charge is 0.312 e. The van der Waals surface area contributed by atoms with E-state index in [2.05, 4.69) is 0 Å².